The molecule has 0 radical (unpaired) electrons. The van der Waals surface area contributed by atoms with Crippen LogP contribution in [0.15, 0.2) is 47.4 Å². The number of unbranched alkanes of at least 4 members (excludes halogenated alkanes) is 4. The Kier molecular flexibility index (Phi) is 10.8. The molecule has 7 heteroatoms. The third-order valence-corrected chi connectivity index (χ3v) is 7.74. The molecule has 0 spiro atoms. The summed E-state index contributed by atoms with van der Waals surface area (Å²) >= 11 is 0. The number of carbonyl (C=O) groups excluding carboxylic acids is 1. The Labute approximate surface area is 197 Å². The van der Waals surface area contributed by atoms with E-state index in [1.165, 1.54) is 0 Å². The Morgan fingerprint density at radius 2 is 1.52 bits per heavy atom. The predicted molar refractivity (Wildman–Crippen MR) is 132 cm³/mol. The van der Waals surface area contributed by atoms with Gasteiger partial charge in [-0.05, 0) is 42.2 Å². The fraction of sp³-hybridized carbons (Fsp3) is 0.538. The number of carboxylic acid groups (broad SMARTS) is 1. The number of nitrogens with zero attached hydrogens (tertiary/aromatic N) is 1. The molecule has 0 saturated heterocycles. The fourth-order valence-corrected chi connectivity index (χ4v) is 5.61. The Morgan fingerprint density at radius 3 is 2.09 bits per heavy atom. The number of sulfone groups is 1. The summed E-state index contributed by atoms with van der Waals surface area (Å²) in [7, 11) is -3.77. The molecule has 0 aliphatic carbocycles. The van der Waals surface area contributed by atoms with E-state index in [9.17, 15) is 23.1 Å². The van der Waals surface area contributed by atoms with Gasteiger partial charge >= 0.3 is 5.97 Å². The maximum atomic E-state index is 13.4. The summed E-state index contributed by atoms with van der Waals surface area (Å²) in [6.45, 7) is 5.34. The maximum Gasteiger partial charge on any atom is 0.303 e. The summed E-state index contributed by atoms with van der Waals surface area (Å²) in [5.41, 5.74) is 0. The number of hydrogen-bond donors (Lipinski definition) is 1. The first-order chi connectivity index (χ1) is 15.8. The molecule has 0 bridgehead atoms. The van der Waals surface area contributed by atoms with Crippen molar-refractivity contribution in [1.82, 2.24) is 4.90 Å². The number of carbonyl (C=O) groups is 2. The number of hydrogen-bond acceptors (Lipinski definition) is 4. The van der Waals surface area contributed by atoms with Crippen molar-refractivity contribution in [2.75, 3.05) is 18.8 Å². The van der Waals surface area contributed by atoms with E-state index in [1.807, 2.05) is 24.3 Å². The molecule has 1 N–H and O–H groups in total. The third-order valence-electron chi connectivity index (χ3n) is 5.93. The van der Waals surface area contributed by atoms with Crippen LogP contribution >= 0.6 is 0 Å². The van der Waals surface area contributed by atoms with Crippen LogP contribution in [0.3, 0.4) is 0 Å². The highest BCUT2D eigenvalue weighted by atomic mass is 32.2. The molecule has 2 aromatic rings. The van der Waals surface area contributed by atoms with Crippen LogP contribution in [0.1, 0.15) is 65.2 Å². The maximum absolute atomic E-state index is 13.4. The standard InChI is InChI=1S/C26H37NO5S/c1-3-5-9-17-27(18-10-6-4-2)26(30)23(14-16-25(28)29)20-33(31,32)24-15-13-21-11-7-8-12-22(21)19-24/h7-8,11-13,15,19,23H,3-6,9-10,14,16-18,20H2,1-2H3,(H,28,29). The van der Waals surface area contributed by atoms with Gasteiger partial charge in [-0.3, -0.25) is 9.59 Å². The minimum atomic E-state index is -3.77. The second-order valence-corrected chi connectivity index (χ2v) is 10.7. The molecule has 33 heavy (non-hydrogen) atoms. The average Bonchev–Trinajstić information content (AvgIpc) is 2.80. The van der Waals surface area contributed by atoms with Gasteiger partial charge in [-0.2, -0.15) is 0 Å². The number of benzene rings is 2. The molecule has 0 heterocycles. The lowest BCUT2D eigenvalue weighted by molar-refractivity contribution is -0.138. The van der Waals surface area contributed by atoms with Crippen LogP contribution in [0, 0.1) is 5.92 Å². The molecule has 2 aromatic carbocycles. The van der Waals surface area contributed by atoms with Crippen LogP contribution in [-0.4, -0.2) is 49.1 Å². The first kappa shape index (κ1) is 26.8. The number of rotatable bonds is 15. The zero-order valence-corrected chi connectivity index (χ0v) is 20.6. The highest BCUT2D eigenvalue weighted by Crippen LogP contribution is 2.24. The average molecular weight is 476 g/mol. The molecular weight excluding hydrogens is 438 g/mol. The number of carboxylic acids is 1. The van der Waals surface area contributed by atoms with Gasteiger partial charge in [0.2, 0.25) is 5.91 Å². The summed E-state index contributed by atoms with van der Waals surface area (Å²) in [6.07, 6.45) is 5.53. The zero-order chi connectivity index (χ0) is 24.3. The molecule has 0 aliphatic rings. The van der Waals surface area contributed by atoms with E-state index in [0.29, 0.717) is 13.1 Å². The Morgan fingerprint density at radius 1 is 0.909 bits per heavy atom. The minimum absolute atomic E-state index is 0.0129. The topological polar surface area (TPSA) is 91.8 Å². The molecule has 182 valence electrons. The van der Waals surface area contributed by atoms with Gasteiger partial charge in [-0.15, -0.1) is 0 Å². The quantitative estimate of drug-likeness (QED) is 0.353. The minimum Gasteiger partial charge on any atom is -0.481 e. The van der Waals surface area contributed by atoms with E-state index >= 15 is 0 Å². The largest absolute Gasteiger partial charge is 0.481 e. The first-order valence-corrected chi connectivity index (χ1v) is 13.7. The molecule has 0 aromatic heterocycles. The van der Waals surface area contributed by atoms with Crippen molar-refractivity contribution in [3.63, 3.8) is 0 Å². The van der Waals surface area contributed by atoms with Crippen molar-refractivity contribution >= 4 is 32.5 Å². The van der Waals surface area contributed by atoms with Crippen molar-refractivity contribution < 1.29 is 23.1 Å². The van der Waals surface area contributed by atoms with Crippen LogP contribution < -0.4 is 0 Å². The van der Waals surface area contributed by atoms with E-state index in [0.717, 1.165) is 49.3 Å². The highest BCUT2D eigenvalue weighted by molar-refractivity contribution is 7.91. The van der Waals surface area contributed by atoms with E-state index in [4.69, 9.17) is 0 Å². The number of fused-ring (bicyclic) bond motifs is 1. The van der Waals surface area contributed by atoms with Crippen molar-refractivity contribution in [2.45, 2.75) is 70.1 Å². The van der Waals surface area contributed by atoms with Crippen molar-refractivity contribution in [2.24, 2.45) is 5.92 Å². The molecule has 1 amide bonds. The van der Waals surface area contributed by atoms with Gasteiger partial charge in [0.1, 0.15) is 0 Å². The summed E-state index contributed by atoms with van der Waals surface area (Å²) in [6, 6.07) is 12.5. The lowest BCUT2D eigenvalue weighted by Gasteiger charge is -2.27. The van der Waals surface area contributed by atoms with E-state index in [1.54, 1.807) is 23.1 Å². The molecule has 1 unspecified atom stereocenters. The molecule has 6 nitrogen and oxygen atoms in total. The third kappa shape index (κ3) is 8.46. The summed E-state index contributed by atoms with van der Waals surface area (Å²) in [5, 5.41) is 10.9. The number of amides is 1. The van der Waals surface area contributed by atoms with Crippen molar-refractivity contribution in [1.29, 1.82) is 0 Å². The van der Waals surface area contributed by atoms with E-state index in [2.05, 4.69) is 13.8 Å². The van der Waals surface area contributed by atoms with Gasteiger partial charge in [-0.1, -0.05) is 69.9 Å². The first-order valence-electron chi connectivity index (χ1n) is 12.0. The highest BCUT2D eigenvalue weighted by Gasteiger charge is 2.30. The fourth-order valence-electron chi connectivity index (χ4n) is 3.99. The second kappa shape index (κ2) is 13.3. The van der Waals surface area contributed by atoms with Crippen LogP contribution in [0.5, 0.6) is 0 Å². The van der Waals surface area contributed by atoms with Gasteiger partial charge < -0.3 is 10.0 Å². The number of aliphatic carboxylic acids is 1. The van der Waals surface area contributed by atoms with Crippen LogP contribution in [0.25, 0.3) is 10.8 Å². The lowest BCUT2D eigenvalue weighted by Crippen LogP contribution is -2.40. The van der Waals surface area contributed by atoms with Gasteiger partial charge in [0.25, 0.3) is 0 Å². The SMILES string of the molecule is CCCCCN(CCCCC)C(=O)C(CCC(=O)O)CS(=O)(=O)c1ccc2ccccc2c1. The monoisotopic (exact) mass is 475 g/mol. The molecule has 1 atom stereocenters. The van der Waals surface area contributed by atoms with Crippen LogP contribution in [0.4, 0.5) is 0 Å². The normalized spacial score (nSPS) is 12.5. The van der Waals surface area contributed by atoms with Crippen molar-refractivity contribution in [3.8, 4) is 0 Å². The molecule has 0 fully saturated rings. The summed E-state index contributed by atoms with van der Waals surface area (Å²) < 4.78 is 26.5. The van der Waals surface area contributed by atoms with Gasteiger partial charge in [0.05, 0.1) is 16.6 Å². The van der Waals surface area contributed by atoms with E-state index < -0.39 is 21.7 Å². The van der Waals surface area contributed by atoms with Gasteiger partial charge in [0.15, 0.2) is 9.84 Å². The molecule has 0 aliphatic heterocycles. The molecule has 2 rings (SSSR count). The van der Waals surface area contributed by atoms with E-state index in [-0.39, 0.29) is 29.4 Å². The van der Waals surface area contributed by atoms with Crippen LogP contribution in [-0.2, 0) is 19.4 Å². The van der Waals surface area contributed by atoms with Crippen molar-refractivity contribution in [3.05, 3.63) is 42.5 Å². The smallest absolute Gasteiger partial charge is 0.303 e. The van der Waals surface area contributed by atoms with Gasteiger partial charge in [0, 0.05) is 19.5 Å². The lowest BCUT2D eigenvalue weighted by atomic mass is 10.0. The zero-order valence-electron chi connectivity index (χ0n) is 19.8. The Bertz CT molecular complexity index is 1010. The Hall–Kier alpha value is -2.41. The van der Waals surface area contributed by atoms with Crippen LogP contribution in [0.2, 0.25) is 0 Å². The summed E-state index contributed by atoms with van der Waals surface area (Å²) in [5.74, 6) is -2.52. The van der Waals surface area contributed by atoms with Gasteiger partial charge in [-0.25, -0.2) is 8.42 Å². The predicted octanol–water partition coefficient (Wildman–Crippen LogP) is 5.30. The molecular formula is C26H37NO5S. The molecule has 0 saturated carbocycles. The second-order valence-electron chi connectivity index (χ2n) is 8.66. The Balaban J connectivity index is 2.27. The summed E-state index contributed by atoms with van der Waals surface area (Å²) in [4.78, 5) is 26.6.